The minimum absolute atomic E-state index is 0.0526. The highest BCUT2D eigenvalue weighted by Crippen LogP contribution is 2.40. The lowest BCUT2D eigenvalue weighted by Crippen LogP contribution is -2.21. The molecule has 0 radical (unpaired) electrons. The first kappa shape index (κ1) is 19.8. The van der Waals surface area contributed by atoms with Gasteiger partial charge in [-0.15, -0.1) is 0 Å². The van der Waals surface area contributed by atoms with Crippen molar-refractivity contribution in [3.05, 3.63) is 26.7 Å². The first-order valence-corrected chi connectivity index (χ1v) is 8.74. The summed E-state index contributed by atoms with van der Waals surface area (Å²) in [7, 11) is 0. The molecule has 0 atom stereocenters. The molecule has 136 valence electrons. The summed E-state index contributed by atoms with van der Waals surface area (Å²) < 4.78 is 9.79. The number of carbonyl (C=O) groups excluding carboxylic acids is 2. The number of hydrogen-bond acceptors (Lipinski definition) is 5. The van der Waals surface area contributed by atoms with Gasteiger partial charge in [0, 0.05) is 0 Å². The van der Waals surface area contributed by atoms with Crippen LogP contribution >= 0.6 is 34.8 Å². The number of ether oxygens (including phenoxy) is 2. The lowest BCUT2D eigenvalue weighted by molar-refractivity contribution is -0.158. The Morgan fingerprint density at radius 1 is 1.16 bits per heavy atom. The monoisotopic (exact) mass is 408 g/mol. The second kappa shape index (κ2) is 8.74. The van der Waals surface area contributed by atoms with Crippen molar-refractivity contribution in [2.75, 3.05) is 6.61 Å². The fourth-order valence-electron chi connectivity index (χ4n) is 2.39. The average Bonchev–Trinajstić information content (AvgIpc) is 2.50. The largest absolute Gasteiger partial charge is 0.473 e. The van der Waals surface area contributed by atoms with Gasteiger partial charge in [0.2, 0.25) is 0 Å². The summed E-state index contributed by atoms with van der Waals surface area (Å²) in [5.41, 5.74) is -0.377. The molecule has 25 heavy (non-hydrogen) atoms. The minimum atomic E-state index is -1.85. The van der Waals surface area contributed by atoms with Crippen LogP contribution in [0, 0.1) is 5.92 Å². The van der Waals surface area contributed by atoms with Crippen molar-refractivity contribution in [3.63, 3.8) is 0 Å². The molecular formula is C16H15Cl3O6. The quantitative estimate of drug-likeness (QED) is 0.247. The van der Waals surface area contributed by atoms with Gasteiger partial charge in [-0.25, -0.2) is 14.4 Å². The summed E-state index contributed by atoms with van der Waals surface area (Å²) in [5, 5.41) is 8.13. The molecule has 1 aliphatic rings. The third-order valence-corrected chi connectivity index (χ3v) is 4.98. The van der Waals surface area contributed by atoms with E-state index in [0.29, 0.717) is 12.3 Å². The van der Waals surface area contributed by atoms with Gasteiger partial charge in [-0.3, -0.25) is 0 Å². The summed E-state index contributed by atoms with van der Waals surface area (Å²) in [5.74, 6) is -4.17. The molecule has 0 amide bonds. The minimum Gasteiger partial charge on any atom is -0.473 e. The van der Waals surface area contributed by atoms with Crippen molar-refractivity contribution in [2.45, 2.75) is 32.1 Å². The Morgan fingerprint density at radius 3 is 2.40 bits per heavy atom. The standard InChI is InChI=1S/C16H15Cl3O6/c17-9-7-10(18)13(25-16(23)14(20)21)11(12(9)19)15(22)24-6-2-5-8-3-1-4-8/h7-8H,1-6H2,(H,20,21). The molecule has 0 bridgehead atoms. The summed E-state index contributed by atoms with van der Waals surface area (Å²) in [6.45, 7) is 0.155. The lowest BCUT2D eigenvalue weighted by Gasteiger charge is -2.24. The number of benzene rings is 1. The number of carboxylic acid groups (broad SMARTS) is 1. The van der Waals surface area contributed by atoms with Crippen LogP contribution in [0.3, 0.4) is 0 Å². The number of aliphatic carboxylic acids is 1. The van der Waals surface area contributed by atoms with Crippen molar-refractivity contribution in [1.82, 2.24) is 0 Å². The number of carbonyl (C=O) groups is 3. The van der Waals surface area contributed by atoms with Crippen LogP contribution in [0.2, 0.25) is 15.1 Å². The molecule has 0 aliphatic heterocycles. The van der Waals surface area contributed by atoms with Crippen LogP contribution < -0.4 is 4.74 Å². The maximum atomic E-state index is 12.3. The Hall–Kier alpha value is -1.50. The van der Waals surface area contributed by atoms with E-state index < -0.39 is 23.7 Å². The van der Waals surface area contributed by atoms with Gasteiger partial charge in [0.1, 0.15) is 5.56 Å². The molecule has 1 aromatic rings. The number of hydrogen-bond donors (Lipinski definition) is 1. The van der Waals surface area contributed by atoms with E-state index in [1.54, 1.807) is 0 Å². The van der Waals surface area contributed by atoms with Crippen molar-refractivity contribution in [3.8, 4) is 5.75 Å². The first-order chi connectivity index (χ1) is 11.8. The predicted octanol–water partition coefficient (Wildman–Crippen LogP) is 4.37. The highest BCUT2D eigenvalue weighted by molar-refractivity contribution is 6.46. The molecule has 6 nitrogen and oxygen atoms in total. The topological polar surface area (TPSA) is 89.9 Å². The van der Waals surface area contributed by atoms with E-state index in [1.165, 1.54) is 19.3 Å². The first-order valence-electron chi connectivity index (χ1n) is 7.61. The van der Waals surface area contributed by atoms with Gasteiger partial charge in [0.05, 0.1) is 21.7 Å². The van der Waals surface area contributed by atoms with Crippen molar-refractivity contribution in [1.29, 1.82) is 0 Å². The molecule has 9 heteroatoms. The maximum absolute atomic E-state index is 12.3. The van der Waals surface area contributed by atoms with Gasteiger partial charge >= 0.3 is 17.9 Å². The van der Waals surface area contributed by atoms with Gasteiger partial charge < -0.3 is 14.6 Å². The average molecular weight is 410 g/mol. The summed E-state index contributed by atoms with van der Waals surface area (Å²) in [6, 6.07) is 1.14. The second-order valence-corrected chi connectivity index (χ2v) is 6.82. The number of rotatable bonds is 6. The number of halogens is 3. The van der Waals surface area contributed by atoms with Crippen molar-refractivity contribution in [2.24, 2.45) is 5.92 Å². The second-order valence-electron chi connectivity index (χ2n) is 5.63. The molecule has 2 rings (SSSR count). The smallest absolute Gasteiger partial charge is 0.422 e. The molecule has 1 aromatic carbocycles. The Bertz CT molecular complexity index is 700. The van der Waals surface area contributed by atoms with E-state index in [2.05, 4.69) is 4.74 Å². The van der Waals surface area contributed by atoms with Crippen LogP contribution in [0.15, 0.2) is 6.07 Å². The molecule has 0 saturated heterocycles. The lowest BCUT2D eigenvalue weighted by atomic mass is 9.82. The Kier molecular flexibility index (Phi) is 6.93. The summed E-state index contributed by atoms with van der Waals surface area (Å²) >= 11 is 17.8. The van der Waals surface area contributed by atoms with E-state index in [1.807, 2.05) is 0 Å². The zero-order chi connectivity index (χ0) is 18.6. The molecule has 0 unspecified atom stereocenters. The maximum Gasteiger partial charge on any atom is 0.422 e. The molecule has 0 aromatic heterocycles. The van der Waals surface area contributed by atoms with E-state index in [0.717, 1.165) is 12.5 Å². The van der Waals surface area contributed by atoms with E-state index in [-0.39, 0.29) is 27.2 Å². The van der Waals surface area contributed by atoms with Crippen LogP contribution in [-0.2, 0) is 14.3 Å². The zero-order valence-corrected chi connectivity index (χ0v) is 15.3. The zero-order valence-electron chi connectivity index (χ0n) is 13.0. The van der Waals surface area contributed by atoms with E-state index in [4.69, 9.17) is 44.6 Å². The Labute approximate surface area is 158 Å². The summed E-state index contributed by atoms with van der Waals surface area (Å²) in [4.78, 5) is 34.3. The van der Waals surface area contributed by atoms with E-state index in [9.17, 15) is 14.4 Å². The Morgan fingerprint density at radius 2 is 1.84 bits per heavy atom. The molecule has 1 saturated carbocycles. The molecule has 0 heterocycles. The normalized spacial score (nSPS) is 13.9. The van der Waals surface area contributed by atoms with Gasteiger partial charge in [-0.2, -0.15) is 0 Å². The van der Waals surface area contributed by atoms with Gasteiger partial charge in [0.15, 0.2) is 5.75 Å². The van der Waals surface area contributed by atoms with Crippen molar-refractivity contribution < 1.29 is 29.0 Å². The highest BCUT2D eigenvalue weighted by Gasteiger charge is 2.28. The highest BCUT2D eigenvalue weighted by atomic mass is 35.5. The van der Waals surface area contributed by atoms with E-state index >= 15 is 0 Å². The van der Waals surface area contributed by atoms with Crippen LogP contribution in [0.5, 0.6) is 5.75 Å². The number of carboxylic acids is 1. The SMILES string of the molecule is O=C(O)C(=O)Oc1c(Cl)cc(Cl)c(Cl)c1C(=O)OCCCC1CCC1. The molecule has 1 fully saturated rings. The van der Waals surface area contributed by atoms with Crippen molar-refractivity contribution >= 4 is 52.7 Å². The summed E-state index contributed by atoms with van der Waals surface area (Å²) in [6.07, 6.45) is 5.27. The predicted molar refractivity (Wildman–Crippen MR) is 91.6 cm³/mol. The Balaban J connectivity index is 2.13. The van der Waals surface area contributed by atoms with Crippen LogP contribution in [0.4, 0.5) is 0 Å². The fourth-order valence-corrected chi connectivity index (χ4v) is 3.11. The number of esters is 2. The van der Waals surface area contributed by atoms with Gasteiger partial charge in [-0.1, -0.05) is 54.1 Å². The molecule has 1 N–H and O–H groups in total. The fraction of sp³-hybridized carbons (Fsp3) is 0.438. The molecular weight excluding hydrogens is 395 g/mol. The van der Waals surface area contributed by atoms with Gasteiger partial charge in [0.25, 0.3) is 0 Å². The third-order valence-electron chi connectivity index (χ3n) is 3.91. The molecule has 1 aliphatic carbocycles. The van der Waals surface area contributed by atoms with Crippen LogP contribution in [0.25, 0.3) is 0 Å². The van der Waals surface area contributed by atoms with Gasteiger partial charge in [-0.05, 0) is 24.8 Å². The van der Waals surface area contributed by atoms with Crippen LogP contribution in [0.1, 0.15) is 42.5 Å². The third kappa shape index (κ3) is 5.00. The molecule has 0 spiro atoms. The van der Waals surface area contributed by atoms with Crippen LogP contribution in [-0.4, -0.2) is 29.6 Å².